The van der Waals surface area contributed by atoms with E-state index in [2.05, 4.69) is 0 Å². The second kappa shape index (κ2) is 7.03. The molecule has 0 aromatic heterocycles. The van der Waals surface area contributed by atoms with Crippen LogP contribution in [0.5, 0.6) is 0 Å². The van der Waals surface area contributed by atoms with Crippen LogP contribution < -0.4 is 5.73 Å². The minimum Gasteiger partial charge on any atom is -0.480 e. The lowest BCUT2D eigenvalue weighted by Gasteiger charge is -2.35. The molecule has 20 heavy (non-hydrogen) atoms. The molecule has 0 aromatic carbocycles. The molecule has 7 nitrogen and oxygen atoms in total. The van der Waals surface area contributed by atoms with Crippen molar-refractivity contribution >= 4 is 21.7 Å². The van der Waals surface area contributed by atoms with Crippen LogP contribution in [-0.2, 0) is 19.4 Å². The molecule has 8 heteroatoms. The predicted octanol–water partition coefficient (Wildman–Crippen LogP) is -0.538. The Bertz CT molecular complexity index is 462. The van der Waals surface area contributed by atoms with Gasteiger partial charge in [-0.25, -0.2) is 8.42 Å². The number of sulfone groups is 1. The first-order valence-corrected chi connectivity index (χ1v) is 8.49. The second-order valence-electron chi connectivity index (χ2n) is 5.39. The summed E-state index contributed by atoms with van der Waals surface area (Å²) in [6.07, 6.45) is 1.21. The first kappa shape index (κ1) is 16.9. The van der Waals surface area contributed by atoms with E-state index in [-0.39, 0.29) is 24.5 Å². The zero-order chi connectivity index (χ0) is 15.3. The maximum absolute atomic E-state index is 11.7. The van der Waals surface area contributed by atoms with Gasteiger partial charge in [0, 0.05) is 13.0 Å². The highest BCUT2D eigenvalue weighted by Gasteiger charge is 2.32. The van der Waals surface area contributed by atoms with Crippen LogP contribution in [0.15, 0.2) is 0 Å². The number of carbonyl (C=O) groups is 2. The van der Waals surface area contributed by atoms with Crippen molar-refractivity contribution in [3.63, 3.8) is 0 Å². The highest BCUT2D eigenvalue weighted by molar-refractivity contribution is 7.91. The lowest BCUT2D eigenvalue weighted by molar-refractivity contribution is -0.145. The van der Waals surface area contributed by atoms with E-state index in [0.717, 1.165) is 6.42 Å². The third-order valence-electron chi connectivity index (χ3n) is 3.61. The fraction of sp³-hybridized carbons (Fsp3) is 0.833. The lowest BCUT2D eigenvalue weighted by Crippen LogP contribution is -2.48. The van der Waals surface area contributed by atoms with Crippen molar-refractivity contribution in [1.82, 2.24) is 4.90 Å². The number of aliphatic carboxylic acids is 1. The highest BCUT2D eigenvalue weighted by Crippen LogP contribution is 2.22. The van der Waals surface area contributed by atoms with E-state index in [9.17, 15) is 23.1 Å². The molecule has 2 unspecified atom stereocenters. The molecular weight excluding hydrogens is 284 g/mol. The standard InChI is InChI=1S/C12H22N2O5S/c1-9-2-4-14(10(8-9)12(16)17)5-7-20(18,19)6-3-11(13)15/h9-10H,2-8H2,1H3,(H2,13,15)(H,16,17). The largest absolute Gasteiger partial charge is 0.480 e. The molecule has 0 bridgehead atoms. The number of carboxylic acid groups (broad SMARTS) is 1. The number of primary amides is 1. The van der Waals surface area contributed by atoms with E-state index in [4.69, 9.17) is 5.73 Å². The van der Waals surface area contributed by atoms with Crippen LogP contribution in [0.2, 0.25) is 0 Å². The van der Waals surface area contributed by atoms with Gasteiger partial charge in [-0.1, -0.05) is 6.92 Å². The van der Waals surface area contributed by atoms with E-state index in [1.165, 1.54) is 0 Å². The van der Waals surface area contributed by atoms with Crippen LogP contribution in [0.1, 0.15) is 26.2 Å². The quantitative estimate of drug-likeness (QED) is 0.652. The third-order valence-corrected chi connectivity index (χ3v) is 5.24. The zero-order valence-electron chi connectivity index (χ0n) is 11.6. The van der Waals surface area contributed by atoms with Crippen LogP contribution in [0.4, 0.5) is 0 Å². The molecule has 3 N–H and O–H groups in total. The van der Waals surface area contributed by atoms with E-state index in [1.54, 1.807) is 4.90 Å². The maximum atomic E-state index is 11.7. The predicted molar refractivity (Wildman–Crippen MR) is 73.9 cm³/mol. The molecule has 0 aliphatic carbocycles. The first-order valence-electron chi connectivity index (χ1n) is 6.67. The van der Waals surface area contributed by atoms with Crippen molar-refractivity contribution in [3.05, 3.63) is 0 Å². The summed E-state index contributed by atoms with van der Waals surface area (Å²) in [7, 11) is -3.37. The fourth-order valence-electron chi connectivity index (χ4n) is 2.33. The van der Waals surface area contributed by atoms with Crippen molar-refractivity contribution < 1.29 is 23.1 Å². The van der Waals surface area contributed by atoms with Gasteiger partial charge in [-0.2, -0.15) is 0 Å². The summed E-state index contributed by atoms with van der Waals surface area (Å²) in [6, 6.07) is -0.620. The summed E-state index contributed by atoms with van der Waals surface area (Å²) in [5, 5.41) is 9.18. The summed E-state index contributed by atoms with van der Waals surface area (Å²) >= 11 is 0. The molecule has 1 aliphatic heterocycles. The molecular formula is C12H22N2O5S. The molecule has 2 atom stereocenters. The Morgan fingerprint density at radius 2 is 2.00 bits per heavy atom. The van der Waals surface area contributed by atoms with E-state index in [1.807, 2.05) is 6.92 Å². The molecule has 1 rings (SSSR count). The first-order chi connectivity index (χ1) is 9.21. The van der Waals surface area contributed by atoms with Gasteiger partial charge < -0.3 is 10.8 Å². The van der Waals surface area contributed by atoms with E-state index >= 15 is 0 Å². The smallest absolute Gasteiger partial charge is 0.320 e. The Balaban J connectivity index is 2.54. The van der Waals surface area contributed by atoms with Crippen molar-refractivity contribution in [2.24, 2.45) is 11.7 Å². The van der Waals surface area contributed by atoms with Crippen LogP contribution in [-0.4, -0.2) is 60.9 Å². The van der Waals surface area contributed by atoms with Crippen LogP contribution in [0.3, 0.4) is 0 Å². The Labute approximate surface area is 119 Å². The average Bonchev–Trinajstić information content (AvgIpc) is 2.35. The highest BCUT2D eigenvalue weighted by atomic mass is 32.2. The number of likely N-dealkylation sites (tertiary alicyclic amines) is 1. The Morgan fingerprint density at radius 1 is 1.35 bits per heavy atom. The molecule has 116 valence electrons. The van der Waals surface area contributed by atoms with Crippen LogP contribution >= 0.6 is 0 Å². The minimum absolute atomic E-state index is 0.140. The Morgan fingerprint density at radius 3 is 2.55 bits per heavy atom. The normalized spacial score (nSPS) is 24.4. The van der Waals surface area contributed by atoms with Gasteiger partial charge in [0.15, 0.2) is 9.84 Å². The number of nitrogens with two attached hydrogens (primary N) is 1. The van der Waals surface area contributed by atoms with Gasteiger partial charge >= 0.3 is 5.97 Å². The number of nitrogens with zero attached hydrogens (tertiary/aromatic N) is 1. The fourth-order valence-corrected chi connectivity index (χ4v) is 3.56. The van der Waals surface area contributed by atoms with Gasteiger partial charge in [0.25, 0.3) is 0 Å². The van der Waals surface area contributed by atoms with Gasteiger partial charge in [-0.05, 0) is 25.3 Å². The molecule has 0 radical (unpaired) electrons. The monoisotopic (exact) mass is 306 g/mol. The number of amides is 1. The van der Waals surface area contributed by atoms with E-state index < -0.39 is 27.8 Å². The topological polar surface area (TPSA) is 118 Å². The van der Waals surface area contributed by atoms with Crippen molar-refractivity contribution in [1.29, 1.82) is 0 Å². The van der Waals surface area contributed by atoms with Gasteiger partial charge in [0.2, 0.25) is 5.91 Å². The van der Waals surface area contributed by atoms with Crippen LogP contribution in [0, 0.1) is 5.92 Å². The number of hydrogen-bond acceptors (Lipinski definition) is 5. The number of carboxylic acids is 1. The van der Waals surface area contributed by atoms with Gasteiger partial charge in [-0.3, -0.25) is 14.5 Å². The number of rotatable bonds is 7. The summed E-state index contributed by atoms with van der Waals surface area (Å²) < 4.78 is 23.5. The van der Waals surface area contributed by atoms with Gasteiger partial charge in [-0.15, -0.1) is 0 Å². The summed E-state index contributed by atoms with van der Waals surface area (Å²) in [5.74, 6) is -1.64. The van der Waals surface area contributed by atoms with E-state index in [0.29, 0.717) is 18.9 Å². The number of hydrogen-bond donors (Lipinski definition) is 2. The number of carbonyl (C=O) groups excluding carboxylic acids is 1. The summed E-state index contributed by atoms with van der Waals surface area (Å²) in [6.45, 7) is 2.77. The lowest BCUT2D eigenvalue weighted by atomic mass is 9.92. The molecule has 0 saturated carbocycles. The third kappa shape index (κ3) is 5.46. The van der Waals surface area contributed by atoms with Crippen molar-refractivity contribution in [2.75, 3.05) is 24.6 Å². The average molecular weight is 306 g/mol. The molecule has 1 aliphatic rings. The molecule has 1 amide bonds. The zero-order valence-corrected chi connectivity index (χ0v) is 12.4. The summed E-state index contributed by atoms with van der Waals surface area (Å²) in [4.78, 5) is 23.5. The van der Waals surface area contributed by atoms with Crippen LogP contribution in [0.25, 0.3) is 0 Å². The SMILES string of the molecule is CC1CCN(CCS(=O)(=O)CCC(N)=O)C(C(=O)O)C1. The number of piperidine rings is 1. The molecule has 0 spiro atoms. The summed E-state index contributed by atoms with van der Waals surface area (Å²) in [5.41, 5.74) is 4.92. The Hall–Kier alpha value is -1.15. The molecule has 0 aromatic rings. The van der Waals surface area contributed by atoms with Gasteiger partial charge in [0.1, 0.15) is 6.04 Å². The van der Waals surface area contributed by atoms with Crippen molar-refractivity contribution in [3.8, 4) is 0 Å². The Kier molecular flexibility index (Phi) is 5.94. The van der Waals surface area contributed by atoms with Crippen molar-refractivity contribution in [2.45, 2.75) is 32.2 Å². The second-order valence-corrected chi connectivity index (χ2v) is 7.69. The molecule has 1 fully saturated rings. The minimum atomic E-state index is -3.37. The maximum Gasteiger partial charge on any atom is 0.320 e. The van der Waals surface area contributed by atoms with Gasteiger partial charge in [0.05, 0.1) is 11.5 Å². The molecule has 1 saturated heterocycles. The molecule has 1 heterocycles.